The molecular formula is C12H14BrN3O2. The lowest BCUT2D eigenvalue weighted by Crippen LogP contribution is -2.25. The molecule has 0 saturated carbocycles. The molecule has 2 aromatic rings. The number of hydrogen-bond acceptors (Lipinski definition) is 4. The molecule has 18 heavy (non-hydrogen) atoms. The number of benzene rings is 1. The van der Waals surface area contributed by atoms with Gasteiger partial charge in [-0.2, -0.15) is 3.71 Å². The van der Waals surface area contributed by atoms with E-state index < -0.39 is 0 Å². The molecule has 1 fully saturated rings. The molecule has 1 aromatic heterocycles. The SMILES string of the molecule is Nc1nn(Br)c2cccc(OC3CCOCC3)c12. The highest BCUT2D eigenvalue weighted by Gasteiger charge is 2.18. The summed E-state index contributed by atoms with van der Waals surface area (Å²) < 4.78 is 12.9. The fraction of sp³-hybridized carbons (Fsp3) is 0.417. The molecule has 0 bridgehead atoms. The van der Waals surface area contributed by atoms with Gasteiger partial charge in [0, 0.05) is 12.8 Å². The quantitative estimate of drug-likeness (QED) is 0.924. The lowest BCUT2D eigenvalue weighted by atomic mass is 10.1. The van der Waals surface area contributed by atoms with Crippen molar-refractivity contribution in [2.45, 2.75) is 18.9 Å². The molecule has 96 valence electrons. The van der Waals surface area contributed by atoms with Gasteiger partial charge in [0.1, 0.15) is 11.9 Å². The van der Waals surface area contributed by atoms with Crippen LogP contribution in [0.2, 0.25) is 0 Å². The molecule has 0 unspecified atom stereocenters. The standard InChI is InChI=1S/C12H14BrN3O2/c13-16-9-2-1-3-10(11(9)12(14)15-16)18-8-4-6-17-7-5-8/h1-3,8H,4-7H2,(H2,14,15). The third kappa shape index (κ3) is 2.06. The van der Waals surface area contributed by atoms with Crippen LogP contribution in [0.1, 0.15) is 12.8 Å². The minimum Gasteiger partial charge on any atom is -0.489 e. The van der Waals surface area contributed by atoms with Crippen LogP contribution in [0, 0.1) is 0 Å². The molecule has 3 rings (SSSR count). The average Bonchev–Trinajstić information content (AvgIpc) is 2.67. The Kier molecular flexibility index (Phi) is 3.13. The maximum absolute atomic E-state index is 6.03. The predicted octanol–water partition coefficient (Wildman–Crippen LogP) is 2.33. The normalized spacial score (nSPS) is 17.2. The molecular weight excluding hydrogens is 298 g/mol. The van der Waals surface area contributed by atoms with E-state index >= 15 is 0 Å². The number of nitrogen functional groups attached to an aromatic ring is 1. The maximum atomic E-state index is 6.03. The van der Waals surface area contributed by atoms with Crippen molar-refractivity contribution in [3.63, 3.8) is 0 Å². The van der Waals surface area contributed by atoms with E-state index in [1.165, 1.54) is 0 Å². The summed E-state index contributed by atoms with van der Waals surface area (Å²) in [6.07, 6.45) is 2.03. The van der Waals surface area contributed by atoms with E-state index in [0.29, 0.717) is 5.82 Å². The van der Waals surface area contributed by atoms with E-state index in [-0.39, 0.29) is 6.10 Å². The summed E-state index contributed by atoms with van der Waals surface area (Å²) in [7, 11) is 0. The Balaban J connectivity index is 1.95. The van der Waals surface area contributed by atoms with E-state index in [1.54, 1.807) is 3.71 Å². The van der Waals surface area contributed by atoms with Crippen LogP contribution in [0.5, 0.6) is 5.75 Å². The first-order chi connectivity index (χ1) is 8.75. The van der Waals surface area contributed by atoms with Crippen LogP contribution in [0.3, 0.4) is 0 Å². The second-order valence-corrected chi connectivity index (χ2v) is 5.00. The molecule has 1 aliphatic heterocycles. The Morgan fingerprint density at radius 1 is 1.39 bits per heavy atom. The highest BCUT2D eigenvalue weighted by Crippen LogP contribution is 2.32. The van der Waals surface area contributed by atoms with Gasteiger partial charge in [0.15, 0.2) is 5.82 Å². The first kappa shape index (κ1) is 11.8. The summed E-state index contributed by atoms with van der Waals surface area (Å²) in [4.78, 5) is 0. The number of fused-ring (bicyclic) bond motifs is 1. The number of anilines is 1. The van der Waals surface area contributed by atoms with Gasteiger partial charge in [-0.3, -0.25) is 0 Å². The van der Waals surface area contributed by atoms with Crippen molar-refractivity contribution in [2.24, 2.45) is 0 Å². The lowest BCUT2D eigenvalue weighted by molar-refractivity contribution is 0.0262. The van der Waals surface area contributed by atoms with Gasteiger partial charge in [-0.15, -0.1) is 5.10 Å². The van der Waals surface area contributed by atoms with Gasteiger partial charge in [0.25, 0.3) is 0 Å². The van der Waals surface area contributed by atoms with Crippen molar-refractivity contribution < 1.29 is 9.47 Å². The van der Waals surface area contributed by atoms with Crippen LogP contribution in [-0.4, -0.2) is 28.1 Å². The number of ether oxygens (including phenoxy) is 2. The Bertz CT molecular complexity index is 564. The zero-order valence-electron chi connectivity index (χ0n) is 9.80. The lowest BCUT2D eigenvalue weighted by Gasteiger charge is -2.23. The second-order valence-electron chi connectivity index (χ2n) is 4.33. The number of nitrogens with two attached hydrogens (primary N) is 1. The Hall–Kier alpha value is -1.27. The van der Waals surface area contributed by atoms with Crippen molar-refractivity contribution in [2.75, 3.05) is 18.9 Å². The third-order valence-corrected chi connectivity index (χ3v) is 3.66. The van der Waals surface area contributed by atoms with Gasteiger partial charge in [-0.25, -0.2) is 0 Å². The van der Waals surface area contributed by atoms with Crippen molar-refractivity contribution in [3.05, 3.63) is 18.2 Å². The second kappa shape index (κ2) is 4.78. The van der Waals surface area contributed by atoms with E-state index in [9.17, 15) is 0 Å². The zero-order valence-corrected chi connectivity index (χ0v) is 11.4. The van der Waals surface area contributed by atoms with E-state index in [0.717, 1.165) is 42.7 Å². The van der Waals surface area contributed by atoms with E-state index in [1.807, 2.05) is 18.2 Å². The number of nitrogens with zero attached hydrogens (tertiary/aromatic N) is 2. The highest BCUT2D eigenvalue weighted by atomic mass is 79.9. The van der Waals surface area contributed by atoms with Crippen molar-refractivity contribution in [3.8, 4) is 5.75 Å². The van der Waals surface area contributed by atoms with Crippen LogP contribution < -0.4 is 10.5 Å². The molecule has 1 saturated heterocycles. The van der Waals surface area contributed by atoms with Crippen LogP contribution in [0.4, 0.5) is 5.82 Å². The molecule has 0 atom stereocenters. The minimum atomic E-state index is 0.197. The Morgan fingerprint density at radius 2 is 2.17 bits per heavy atom. The van der Waals surface area contributed by atoms with Gasteiger partial charge < -0.3 is 15.2 Å². The number of rotatable bonds is 2. The first-order valence-corrected chi connectivity index (χ1v) is 6.64. The monoisotopic (exact) mass is 311 g/mol. The largest absolute Gasteiger partial charge is 0.489 e. The minimum absolute atomic E-state index is 0.197. The summed E-state index contributed by atoms with van der Waals surface area (Å²) >= 11 is 3.33. The molecule has 1 aliphatic rings. The van der Waals surface area contributed by atoms with Gasteiger partial charge in [-0.05, 0) is 12.1 Å². The van der Waals surface area contributed by atoms with Gasteiger partial charge in [0.05, 0.1) is 40.3 Å². The molecule has 6 heteroatoms. The van der Waals surface area contributed by atoms with E-state index in [4.69, 9.17) is 15.2 Å². The molecule has 1 aromatic carbocycles. The molecule has 2 heterocycles. The topological polar surface area (TPSA) is 62.3 Å². The van der Waals surface area contributed by atoms with Crippen LogP contribution >= 0.6 is 16.1 Å². The summed E-state index contributed by atoms with van der Waals surface area (Å²) in [6, 6.07) is 5.82. The third-order valence-electron chi connectivity index (χ3n) is 3.12. The summed E-state index contributed by atoms with van der Waals surface area (Å²) in [5.74, 6) is 1.27. The molecule has 2 N–H and O–H groups in total. The van der Waals surface area contributed by atoms with Gasteiger partial charge >= 0.3 is 0 Å². The fourth-order valence-corrected chi connectivity index (χ4v) is 2.67. The molecule has 5 nitrogen and oxygen atoms in total. The predicted molar refractivity (Wildman–Crippen MR) is 72.9 cm³/mol. The molecule has 0 amide bonds. The highest BCUT2D eigenvalue weighted by molar-refractivity contribution is 9.08. The summed E-state index contributed by atoms with van der Waals surface area (Å²) in [5.41, 5.74) is 6.83. The number of hydrogen-bond donors (Lipinski definition) is 1. The Morgan fingerprint density at radius 3 is 2.94 bits per heavy atom. The average molecular weight is 312 g/mol. The Labute approximate surface area is 113 Å². The molecule has 0 radical (unpaired) electrons. The van der Waals surface area contributed by atoms with Crippen molar-refractivity contribution in [1.82, 2.24) is 8.81 Å². The van der Waals surface area contributed by atoms with Gasteiger partial charge in [0.2, 0.25) is 0 Å². The maximum Gasteiger partial charge on any atom is 0.158 e. The number of halogens is 1. The van der Waals surface area contributed by atoms with E-state index in [2.05, 4.69) is 21.2 Å². The van der Waals surface area contributed by atoms with Crippen LogP contribution in [0.25, 0.3) is 10.9 Å². The molecule has 0 spiro atoms. The summed E-state index contributed by atoms with van der Waals surface area (Å²) in [5, 5.41) is 5.01. The number of aromatic nitrogens is 2. The molecule has 0 aliphatic carbocycles. The smallest absolute Gasteiger partial charge is 0.158 e. The first-order valence-electron chi connectivity index (χ1n) is 5.93. The van der Waals surface area contributed by atoms with Gasteiger partial charge in [-0.1, -0.05) is 6.07 Å². The van der Waals surface area contributed by atoms with Crippen LogP contribution in [0.15, 0.2) is 18.2 Å². The van der Waals surface area contributed by atoms with Crippen molar-refractivity contribution >= 4 is 32.9 Å². The zero-order chi connectivity index (χ0) is 12.5. The van der Waals surface area contributed by atoms with Crippen molar-refractivity contribution in [1.29, 1.82) is 0 Å². The van der Waals surface area contributed by atoms with Crippen LogP contribution in [-0.2, 0) is 4.74 Å². The summed E-state index contributed by atoms with van der Waals surface area (Å²) in [6.45, 7) is 1.52. The fourth-order valence-electron chi connectivity index (χ4n) is 2.20.